The van der Waals surface area contributed by atoms with E-state index in [2.05, 4.69) is 0 Å². The molecule has 1 aromatic carbocycles. The minimum Gasteiger partial charge on any atom is -0.489 e. The second-order valence-corrected chi connectivity index (χ2v) is 4.14. The highest BCUT2D eigenvalue weighted by molar-refractivity contribution is 5.46. The summed E-state index contributed by atoms with van der Waals surface area (Å²) in [6.45, 7) is 1.05. The third-order valence-corrected chi connectivity index (χ3v) is 2.21. The van der Waals surface area contributed by atoms with Crippen LogP contribution < -0.4 is 10.5 Å². The molecule has 1 rings (SSSR count). The van der Waals surface area contributed by atoms with Gasteiger partial charge in [-0.1, -0.05) is 0 Å². The van der Waals surface area contributed by atoms with E-state index in [0.717, 1.165) is 12.1 Å². The summed E-state index contributed by atoms with van der Waals surface area (Å²) >= 11 is 0. The summed E-state index contributed by atoms with van der Waals surface area (Å²) in [5.41, 5.74) is 3.15. The van der Waals surface area contributed by atoms with Gasteiger partial charge >= 0.3 is 6.18 Å². The van der Waals surface area contributed by atoms with Crippen molar-refractivity contribution in [1.82, 2.24) is 0 Å². The summed E-state index contributed by atoms with van der Waals surface area (Å²) in [5, 5.41) is 17.5. The fourth-order valence-corrected chi connectivity index (χ4v) is 1.17. The van der Waals surface area contributed by atoms with Crippen molar-refractivity contribution < 1.29 is 17.9 Å². The van der Waals surface area contributed by atoms with Crippen molar-refractivity contribution in [2.24, 2.45) is 5.73 Å². The topological polar surface area (TPSA) is 82.8 Å². The van der Waals surface area contributed by atoms with E-state index >= 15 is 0 Å². The Morgan fingerprint density at radius 2 is 1.95 bits per heavy atom. The van der Waals surface area contributed by atoms with Gasteiger partial charge in [-0.15, -0.1) is 0 Å². The Morgan fingerprint density at radius 3 is 2.42 bits per heavy atom. The van der Waals surface area contributed by atoms with E-state index in [9.17, 15) is 13.2 Å². The van der Waals surface area contributed by atoms with E-state index in [1.54, 1.807) is 12.1 Å². The lowest BCUT2D eigenvalue weighted by molar-refractivity contribution is -0.137. The lowest BCUT2D eigenvalue weighted by Gasteiger charge is -2.17. The largest absolute Gasteiger partial charge is 0.489 e. The molecule has 0 amide bonds. The molecule has 0 saturated carbocycles. The molecule has 1 aromatic rings. The van der Waals surface area contributed by atoms with Crippen LogP contribution >= 0.6 is 0 Å². The first-order valence-corrected chi connectivity index (χ1v) is 5.14. The molecule has 2 N–H and O–H groups in total. The average molecular weight is 269 g/mol. The number of rotatable bonds is 3. The Bertz CT molecular complexity index is 553. The van der Waals surface area contributed by atoms with Gasteiger partial charge in [0.05, 0.1) is 17.2 Å². The maximum absolute atomic E-state index is 12.5. The highest BCUT2D eigenvalue weighted by Crippen LogP contribution is 2.33. The average Bonchev–Trinajstić information content (AvgIpc) is 2.35. The van der Waals surface area contributed by atoms with Crippen LogP contribution in [0.5, 0.6) is 5.75 Å². The number of nitrogens with two attached hydrogens (primary N) is 1. The summed E-state index contributed by atoms with van der Waals surface area (Å²) in [6, 6.07) is 5.97. The first kappa shape index (κ1) is 14.8. The van der Waals surface area contributed by atoms with Crippen LogP contribution in [0.25, 0.3) is 0 Å². The number of hydrogen-bond donors (Lipinski definition) is 1. The second-order valence-electron chi connectivity index (χ2n) is 4.14. The standard InChI is InChI=1S/C12H10F3N3O/c1-11(18,6-17)7-19-10-4-9(12(13,14)15)3-2-8(10)5-16/h2-4H,7,18H2,1H3. The van der Waals surface area contributed by atoms with Gasteiger partial charge in [-0.3, -0.25) is 0 Å². The van der Waals surface area contributed by atoms with Crippen molar-refractivity contribution >= 4 is 0 Å². The van der Waals surface area contributed by atoms with Gasteiger partial charge in [0.25, 0.3) is 0 Å². The van der Waals surface area contributed by atoms with Crippen molar-refractivity contribution in [2.75, 3.05) is 6.61 Å². The van der Waals surface area contributed by atoms with Gasteiger partial charge in [-0.05, 0) is 25.1 Å². The Hall–Kier alpha value is -2.25. The van der Waals surface area contributed by atoms with E-state index in [4.69, 9.17) is 21.0 Å². The molecular weight excluding hydrogens is 259 g/mol. The molecule has 0 heterocycles. The van der Waals surface area contributed by atoms with Gasteiger partial charge < -0.3 is 10.5 Å². The summed E-state index contributed by atoms with van der Waals surface area (Å²) in [5.74, 6) is -0.246. The van der Waals surface area contributed by atoms with Gasteiger partial charge in [0.1, 0.15) is 24.0 Å². The molecule has 7 heteroatoms. The van der Waals surface area contributed by atoms with Crippen molar-refractivity contribution in [3.63, 3.8) is 0 Å². The van der Waals surface area contributed by atoms with Crippen molar-refractivity contribution in [1.29, 1.82) is 10.5 Å². The predicted octanol–water partition coefficient (Wildman–Crippen LogP) is 2.20. The number of nitrogens with zero attached hydrogens (tertiary/aromatic N) is 2. The minimum atomic E-state index is -4.53. The zero-order valence-electron chi connectivity index (χ0n) is 9.95. The van der Waals surface area contributed by atoms with Crippen LogP contribution in [-0.4, -0.2) is 12.1 Å². The molecule has 1 atom stereocenters. The van der Waals surface area contributed by atoms with E-state index in [0.29, 0.717) is 6.07 Å². The van der Waals surface area contributed by atoms with E-state index < -0.39 is 17.3 Å². The molecule has 0 radical (unpaired) electrons. The lowest BCUT2D eigenvalue weighted by Crippen LogP contribution is -2.40. The van der Waals surface area contributed by atoms with Crippen LogP contribution in [-0.2, 0) is 6.18 Å². The lowest BCUT2D eigenvalue weighted by atomic mass is 10.1. The molecule has 4 nitrogen and oxygen atoms in total. The summed E-state index contributed by atoms with van der Waals surface area (Å²) in [7, 11) is 0. The van der Waals surface area contributed by atoms with Crippen LogP contribution in [0.1, 0.15) is 18.1 Å². The maximum Gasteiger partial charge on any atom is 0.416 e. The summed E-state index contributed by atoms with van der Waals surface area (Å²) < 4.78 is 42.6. The van der Waals surface area contributed by atoms with E-state index in [1.807, 2.05) is 0 Å². The molecule has 0 bridgehead atoms. The van der Waals surface area contributed by atoms with E-state index in [1.165, 1.54) is 6.92 Å². The van der Waals surface area contributed by atoms with Crippen LogP contribution in [0.4, 0.5) is 13.2 Å². The number of nitriles is 2. The molecule has 0 aromatic heterocycles. The molecular formula is C12H10F3N3O. The number of halogens is 3. The summed E-state index contributed by atoms with van der Waals surface area (Å²) in [4.78, 5) is 0. The van der Waals surface area contributed by atoms with Gasteiger partial charge in [-0.25, -0.2) is 0 Å². The normalized spacial score (nSPS) is 14.1. The second kappa shape index (κ2) is 5.17. The molecule has 0 aliphatic rings. The number of ether oxygens (including phenoxy) is 1. The SMILES string of the molecule is CC(N)(C#N)COc1cc(C(F)(F)F)ccc1C#N. The molecule has 0 aliphatic carbocycles. The van der Waals surface area contributed by atoms with Gasteiger partial charge in [0.2, 0.25) is 0 Å². The fourth-order valence-electron chi connectivity index (χ4n) is 1.17. The molecule has 19 heavy (non-hydrogen) atoms. The quantitative estimate of drug-likeness (QED) is 0.911. The monoisotopic (exact) mass is 269 g/mol. The Labute approximate surface area is 107 Å². The van der Waals surface area contributed by atoms with Crippen molar-refractivity contribution in [3.05, 3.63) is 29.3 Å². The first-order valence-electron chi connectivity index (χ1n) is 5.14. The Balaban J connectivity index is 3.06. The number of benzene rings is 1. The number of hydrogen-bond acceptors (Lipinski definition) is 4. The molecule has 0 aliphatic heterocycles. The Morgan fingerprint density at radius 1 is 1.32 bits per heavy atom. The molecule has 0 spiro atoms. The zero-order chi connectivity index (χ0) is 14.7. The molecule has 1 unspecified atom stereocenters. The highest BCUT2D eigenvalue weighted by Gasteiger charge is 2.31. The fraction of sp³-hybridized carbons (Fsp3) is 0.333. The van der Waals surface area contributed by atoms with Gasteiger partial charge in [0.15, 0.2) is 0 Å². The van der Waals surface area contributed by atoms with Crippen molar-refractivity contribution in [2.45, 2.75) is 18.6 Å². The minimum absolute atomic E-state index is 0.0539. The van der Waals surface area contributed by atoms with Crippen LogP contribution in [0, 0.1) is 22.7 Å². The van der Waals surface area contributed by atoms with Gasteiger partial charge in [-0.2, -0.15) is 23.7 Å². The Kier molecular flexibility index (Phi) is 4.03. The van der Waals surface area contributed by atoms with Crippen LogP contribution in [0.15, 0.2) is 18.2 Å². The third-order valence-electron chi connectivity index (χ3n) is 2.21. The van der Waals surface area contributed by atoms with E-state index in [-0.39, 0.29) is 17.9 Å². The summed E-state index contributed by atoms with van der Waals surface area (Å²) in [6.07, 6.45) is -4.53. The highest BCUT2D eigenvalue weighted by atomic mass is 19.4. The maximum atomic E-state index is 12.5. The first-order chi connectivity index (χ1) is 8.69. The zero-order valence-corrected chi connectivity index (χ0v) is 9.95. The van der Waals surface area contributed by atoms with Crippen molar-refractivity contribution in [3.8, 4) is 17.9 Å². The smallest absolute Gasteiger partial charge is 0.416 e. The predicted molar refractivity (Wildman–Crippen MR) is 59.9 cm³/mol. The molecule has 100 valence electrons. The number of alkyl halides is 3. The third kappa shape index (κ3) is 3.87. The van der Waals surface area contributed by atoms with Gasteiger partial charge in [0, 0.05) is 0 Å². The molecule has 0 saturated heterocycles. The molecule has 0 fully saturated rings. The van der Waals surface area contributed by atoms with Crippen LogP contribution in [0.2, 0.25) is 0 Å². The van der Waals surface area contributed by atoms with Crippen LogP contribution in [0.3, 0.4) is 0 Å².